The summed E-state index contributed by atoms with van der Waals surface area (Å²) in [6, 6.07) is 16.2. The van der Waals surface area contributed by atoms with Crippen molar-refractivity contribution in [1.82, 2.24) is 29.5 Å². The molecule has 3 fully saturated rings. The lowest BCUT2D eigenvalue weighted by atomic mass is 9.95. The van der Waals surface area contributed by atoms with Crippen LogP contribution in [0.4, 0.5) is 42.0 Å². The summed E-state index contributed by atoms with van der Waals surface area (Å²) in [5.41, 5.74) is 4.28. The van der Waals surface area contributed by atoms with Crippen LogP contribution in [-0.2, 0) is 16.4 Å². The molecule has 306 valence electrons. The molecule has 3 aromatic carbocycles. The second-order valence-corrected chi connectivity index (χ2v) is 19.7. The predicted octanol–water partition coefficient (Wildman–Crippen LogP) is 8.13. The number of aromatic nitrogens is 4. The van der Waals surface area contributed by atoms with Crippen LogP contribution in [0.2, 0.25) is 0 Å². The molecular weight excluding hydrogens is 834 g/mol. The maximum Gasteiger partial charge on any atom is 0.471 e. The number of rotatable bonds is 10. The molecule has 12 nitrogen and oxygen atoms in total. The fourth-order valence-electron chi connectivity index (χ4n) is 8.13. The Morgan fingerprint density at radius 3 is 2.33 bits per heavy atom. The van der Waals surface area contributed by atoms with Gasteiger partial charge in [0.25, 0.3) is 0 Å². The summed E-state index contributed by atoms with van der Waals surface area (Å²) >= 11 is 3.62. The Kier molecular flexibility index (Phi) is 11.2. The van der Waals surface area contributed by atoms with Crippen molar-refractivity contribution in [3.05, 3.63) is 71.6 Å². The molecule has 1 amide bonds. The Hall–Kier alpha value is -4.66. The zero-order valence-electron chi connectivity index (χ0n) is 32.6. The number of piperazine rings is 1. The molecule has 0 spiro atoms. The van der Waals surface area contributed by atoms with Gasteiger partial charge in [0.05, 0.1) is 28.1 Å². The van der Waals surface area contributed by atoms with Gasteiger partial charge in [-0.1, -0.05) is 30.3 Å². The number of piperidine rings is 1. The number of carbonyl (C=O) groups excluding carboxylic acids is 1. The first-order chi connectivity index (χ1) is 27.7. The number of amides is 1. The largest absolute Gasteiger partial charge is 0.488 e. The lowest BCUT2D eigenvalue weighted by molar-refractivity contribution is -0.187. The minimum absolute atomic E-state index is 0.0731. The lowest BCUT2D eigenvalue weighted by Crippen LogP contribution is -2.56. The average Bonchev–Trinajstić information content (AvgIpc) is 3.62. The van der Waals surface area contributed by atoms with Crippen LogP contribution in [0, 0.1) is 0 Å². The number of ether oxygens (including phenoxy) is 1. The van der Waals surface area contributed by atoms with Gasteiger partial charge in [0.2, 0.25) is 5.95 Å². The zero-order chi connectivity index (χ0) is 40.8. The van der Waals surface area contributed by atoms with Gasteiger partial charge < -0.3 is 29.7 Å². The Morgan fingerprint density at radius 2 is 1.67 bits per heavy atom. The van der Waals surface area contributed by atoms with Crippen LogP contribution in [0.15, 0.2) is 71.6 Å². The first kappa shape index (κ1) is 40.1. The highest BCUT2D eigenvalue weighted by molar-refractivity contribution is 9.10. The molecule has 3 aliphatic rings. The molecule has 4 heterocycles. The van der Waals surface area contributed by atoms with Gasteiger partial charge in [-0.05, 0) is 84.3 Å². The van der Waals surface area contributed by atoms with Crippen molar-refractivity contribution < 1.29 is 27.3 Å². The van der Waals surface area contributed by atoms with Gasteiger partial charge in [-0.15, -0.1) is 0 Å². The summed E-state index contributed by atoms with van der Waals surface area (Å²) in [5, 5.41) is 14.1. The molecule has 17 heteroatoms. The van der Waals surface area contributed by atoms with Crippen LogP contribution in [0.5, 0.6) is 5.75 Å². The molecule has 0 radical (unpaired) electrons. The van der Waals surface area contributed by atoms with E-state index in [2.05, 4.69) is 58.6 Å². The van der Waals surface area contributed by atoms with E-state index in [9.17, 15) is 22.5 Å². The Morgan fingerprint density at radius 1 is 0.931 bits per heavy atom. The number of anilines is 5. The molecule has 0 atom stereocenters. The Bertz CT molecular complexity index is 2370. The summed E-state index contributed by atoms with van der Waals surface area (Å²) in [6.45, 7) is 6.00. The maximum absolute atomic E-state index is 13.7. The van der Waals surface area contributed by atoms with E-state index in [0.29, 0.717) is 46.5 Å². The predicted molar refractivity (Wildman–Crippen MR) is 226 cm³/mol. The first-order valence-corrected chi connectivity index (χ1v) is 22.9. The van der Waals surface area contributed by atoms with E-state index in [0.717, 1.165) is 83.0 Å². The van der Waals surface area contributed by atoms with Gasteiger partial charge in [0, 0.05) is 92.9 Å². The molecule has 8 rings (SSSR count). The quantitative estimate of drug-likeness (QED) is 0.133. The van der Waals surface area contributed by atoms with Crippen LogP contribution in [0.3, 0.4) is 0 Å². The van der Waals surface area contributed by atoms with Gasteiger partial charge in [0.1, 0.15) is 18.7 Å². The van der Waals surface area contributed by atoms with Crippen molar-refractivity contribution in [2.75, 3.05) is 68.1 Å². The van der Waals surface area contributed by atoms with E-state index in [1.807, 2.05) is 55.8 Å². The molecular formula is C41H46BrF3N9O3P. The molecule has 58 heavy (non-hydrogen) atoms. The smallest absolute Gasteiger partial charge is 0.471 e. The first-order valence-electron chi connectivity index (χ1n) is 19.5. The topological polar surface area (TPSA) is 121 Å². The lowest BCUT2D eigenvalue weighted by Gasteiger charge is -2.43. The number of fused-ring (bicyclic) bond motifs is 1. The van der Waals surface area contributed by atoms with E-state index >= 15 is 0 Å². The van der Waals surface area contributed by atoms with Crippen LogP contribution < -0.4 is 25.6 Å². The molecule has 2 aliphatic heterocycles. The number of carbonyl (C=O) groups is 1. The molecule has 1 saturated carbocycles. The van der Waals surface area contributed by atoms with Gasteiger partial charge in [0.15, 0.2) is 0 Å². The van der Waals surface area contributed by atoms with Crippen molar-refractivity contribution >= 4 is 73.9 Å². The van der Waals surface area contributed by atoms with Crippen molar-refractivity contribution in [1.29, 1.82) is 0 Å². The maximum atomic E-state index is 13.7. The zero-order valence-corrected chi connectivity index (χ0v) is 35.1. The third-order valence-electron chi connectivity index (χ3n) is 11.3. The van der Waals surface area contributed by atoms with Crippen molar-refractivity contribution in [3.8, 4) is 16.9 Å². The molecule has 1 aliphatic carbocycles. The van der Waals surface area contributed by atoms with E-state index < -0.39 is 19.2 Å². The SMILES string of the molecule is Cn1cc(-c2cc(Nc3ncc(Br)c(Nc4ccc5ccccc5c4P(C)(C)=O)n3)c(OC3CCC3)cc2N2CCC(N3CCN(C(=O)C(F)(F)F)CC3)CC2)cn1. The van der Waals surface area contributed by atoms with Crippen molar-refractivity contribution in [2.24, 2.45) is 7.05 Å². The molecule has 2 aromatic heterocycles. The van der Waals surface area contributed by atoms with Gasteiger partial charge >= 0.3 is 12.1 Å². The number of halogens is 4. The van der Waals surface area contributed by atoms with Crippen LogP contribution in [0.1, 0.15) is 32.1 Å². The Labute approximate surface area is 343 Å². The van der Waals surface area contributed by atoms with E-state index in [4.69, 9.17) is 9.72 Å². The third kappa shape index (κ3) is 8.55. The molecule has 0 bridgehead atoms. The monoisotopic (exact) mass is 879 g/mol. The fraction of sp³-hybridized carbons (Fsp3) is 0.415. The fourth-order valence-corrected chi connectivity index (χ4v) is 9.91. The second kappa shape index (κ2) is 16.2. The van der Waals surface area contributed by atoms with Gasteiger partial charge in [-0.2, -0.15) is 23.3 Å². The number of nitrogens with zero attached hydrogens (tertiary/aromatic N) is 7. The minimum Gasteiger partial charge on any atom is -0.488 e. The standard InChI is InChI=1S/C41H46BrF3N9O3P/c1-51-25-27(23-47-51)31-21-34(49-40-46-24-32(42)38(50-40)48-33-12-11-26-7-4-5-10-30(26)37(33)58(2,3)56)36(57-29-8-6-9-29)22-35(31)53-15-13-28(14-16-53)52-17-19-54(20-18-52)39(55)41(43,44)45/h4-5,7,10-12,21-25,28-29H,6,8-9,13-20H2,1-3H3,(H2,46,48,49,50). The molecule has 5 aromatic rings. The number of hydrogen-bond acceptors (Lipinski definition) is 10. The minimum atomic E-state index is -4.85. The number of aryl methyl sites for hydroxylation is 1. The van der Waals surface area contributed by atoms with Crippen LogP contribution in [-0.4, -0.2) is 106 Å². The molecule has 2 saturated heterocycles. The summed E-state index contributed by atoms with van der Waals surface area (Å²) in [5.74, 6) is -0.238. The highest BCUT2D eigenvalue weighted by atomic mass is 79.9. The summed E-state index contributed by atoms with van der Waals surface area (Å²) in [7, 11) is -0.843. The summed E-state index contributed by atoms with van der Waals surface area (Å²) in [6.07, 6.45) is 5.39. The number of benzene rings is 3. The summed E-state index contributed by atoms with van der Waals surface area (Å²) in [4.78, 5) is 26.8. The highest BCUT2D eigenvalue weighted by Crippen LogP contribution is 2.44. The number of alkyl halides is 3. The van der Waals surface area contributed by atoms with Crippen molar-refractivity contribution in [3.63, 3.8) is 0 Å². The van der Waals surface area contributed by atoms with Crippen LogP contribution >= 0.6 is 23.1 Å². The van der Waals surface area contributed by atoms with E-state index in [1.165, 1.54) is 0 Å². The number of hydrogen-bond donors (Lipinski definition) is 2. The second-order valence-electron chi connectivity index (χ2n) is 15.7. The van der Waals surface area contributed by atoms with Crippen LogP contribution in [0.25, 0.3) is 21.9 Å². The molecule has 0 unspecified atom stereocenters. The van der Waals surface area contributed by atoms with E-state index in [1.54, 1.807) is 24.2 Å². The van der Waals surface area contributed by atoms with Gasteiger partial charge in [-0.3, -0.25) is 14.4 Å². The Balaban J connectivity index is 1.07. The number of nitrogens with one attached hydrogen (secondary N) is 2. The average molecular weight is 881 g/mol. The molecule has 2 N–H and O–H groups in total. The summed E-state index contributed by atoms with van der Waals surface area (Å²) < 4.78 is 61.8. The third-order valence-corrected chi connectivity index (χ3v) is 13.4. The van der Waals surface area contributed by atoms with E-state index in [-0.39, 0.29) is 25.2 Å². The highest BCUT2D eigenvalue weighted by Gasteiger charge is 2.43. The normalized spacial score (nSPS) is 17.4. The van der Waals surface area contributed by atoms with Gasteiger partial charge in [-0.25, -0.2) is 4.98 Å². The van der Waals surface area contributed by atoms with Crippen molar-refractivity contribution in [2.45, 2.75) is 50.4 Å².